The van der Waals surface area contributed by atoms with Crippen molar-refractivity contribution in [1.29, 1.82) is 0 Å². The third-order valence-corrected chi connectivity index (χ3v) is 3.00. The summed E-state index contributed by atoms with van der Waals surface area (Å²) in [6.45, 7) is -0.172. The maximum atomic E-state index is 12.6. The lowest BCUT2D eigenvalue weighted by Crippen LogP contribution is -2.29. The molecule has 8 heteroatoms. The Bertz CT molecular complexity index is 627. The molecule has 0 spiro atoms. The molecule has 1 aromatic carbocycles. The summed E-state index contributed by atoms with van der Waals surface area (Å²) < 4.78 is 37.8. The van der Waals surface area contributed by atoms with E-state index in [1.165, 1.54) is 18.3 Å². The van der Waals surface area contributed by atoms with Gasteiger partial charge in [-0.2, -0.15) is 18.3 Å². The summed E-state index contributed by atoms with van der Waals surface area (Å²) in [5, 5.41) is 18.6. The number of H-pyrrole nitrogens is 1. The van der Waals surface area contributed by atoms with Gasteiger partial charge in [0.15, 0.2) is 0 Å². The summed E-state index contributed by atoms with van der Waals surface area (Å²) in [6.07, 6.45) is -4.14. The maximum absolute atomic E-state index is 12.6. The zero-order chi connectivity index (χ0) is 16.2. The van der Waals surface area contributed by atoms with Crippen LogP contribution in [-0.4, -0.2) is 27.8 Å². The van der Waals surface area contributed by atoms with E-state index >= 15 is 0 Å². The fraction of sp³-hybridized carbons (Fsp3) is 0.286. The van der Waals surface area contributed by atoms with Crippen molar-refractivity contribution in [1.82, 2.24) is 15.5 Å². The van der Waals surface area contributed by atoms with E-state index in [0.29, 0.717) is 5.69 Å². The van der Waals surface area contributed by atoms with Gasteiger partial charge in [0.05, 0.1) is 18.1 Å². The molecule has 2 rings (SSSR count). The quantitative estimate of drug-likeness (QED) is 0.788. The van der Waals surface area contributed by atoms with E-state index in [1.807, 2.05) is 0 Å². The Morgan fingerprint density at radius 1 is 1.36 bits per heavy atom. The zero-order valence-electron chi connectivity index (χ0n) is 11.4. The Labute approximate surface area is 124 Å². The van der Waals surface area contributed by atoms with Crippen LogP contribution in [0.4, 0.5) is 13.2 Å². The third kappa shape index (κ3) is 4.32. The average Bonchev–Trinajstić information content (AvgIpc) is 2.97. The van der Waals surface area contributed by atoms with Crippen molar-refractivity contribution < 1.29 is 23.1 Å². The first-order valence-corrected chi connectivity index (χ1v) is 6.46. The number of nitrogens with zero attached hydrogens (tertiary/aromatic N) is 1. The predicted octanol–water partition coefficient (Wildman–Crippen LogP) is 1.82. The summed E-state index contributed by atoms with van der Waals surface area (Å²) in [4.78, 5) is 11.6. The number of carbonyl (C=O) groups excluding carboxylic acids is 1. The van der Waals surface area contributed by atoms with Gasteiger partial charge in [-0.25, -0.2) is 0 Å². The standard InChI is InChI=1S/C14H14F3N3O2/c15-14(16,17)10-3-1-2-9(6-10)12(21)8-18-13(22)7-11-4-5-19-20-11/h1-6,12,21H,7-8H2,(H,18,22)(H,19,20). The van der Waals surface area contributed by atoms with E-state index in [4.69, 9.17) is 0 Å². The molecular weight excluding hydrogens is 299 g/mol. The van der Waals surface area contributed by atoms with Crippen LogP contribution in [0.3, 0.4) is 0 Å². The number of aliphatic hydroxyl groups is 1. The molecule has 0 radical (unpaired) electrons. The lowest BCUT2D eigenvalue weighted by atomic mass is 10.1. The Morgan fingerprint density at radius 2 is 2.14 bits per heavy atom. The second-order valence-corrected chi connectivity index (χ2v) is 4.70. The fourth-order valence-corrected chi connectivity index (χ4v) is 1.87. The molecule has 0 bridgehead atoms. The van der Waals surface area contributed by atoms with E-state index in [1.54, 1.807) is 6.07 Å². The van der Waals surface area contributed by atoms with E-state index in [9.17, 15) is 23.1 Å². The number of hydrogen-bond acceptors (Lipinski definition) is 3. The molecule has 1 heterocycles. The van der Waals surface area contributed by atoms with Gasteiger partial charge in [-0.3, -0.25) is 9.89 Å². The molecule has 0 fully saturated rings. The number of benzene rings is 1. The number of aliphatic hydroxyl groups excluding tert-OH is 1. The summed E-state index contributed by atoms with van der Waals surface area (Å²) in [5.41, 5.74) is -0.143. The van der Waals surface area contributed by atoms with Crippen LogP contribution in [0.25, 0.3) is 0 Å². The summed E-state index contributed by atoms with van der Waals surface area (Å²) in [5.74, 6) is -0.365. The lowest BCUT2D eigenvalue weighted by molar-refractivity contribution is -0.137. The average molecular weight is 313 g/mol. The Morgan fingerprint density at radius 3 is 2.77 bits per heavy atom. The van der Waals surface area contributed by atoms with Gasteiger partial charge in [0.1, 0.15) is 0 Å². The molecule has 2 aromatic rings. The molecule has 1 atom stereocenters. The van der Waals surface area contributed by atoms with Gasteiger partial charge in [0.2, 0.25) is 5.91 Å². The maximum Gasteiger partial charge on any atom is 0.416 e. The van der Waals surface area contributed by atoms with Crippen LogP contribution in [-0.2, 0) is 17.4 Å². The minimum Gasteiger partial charge on any atom is -0.387 e. The van der Waals surface area contributed by atoms with Gasteiger partial charge in [0, 0.05) is 18.4 Å². The van der Waals surface area contributed by atoms with E-state index < -0.39 is 17.8 Å². The number of alkyl halides is 3. The number of rotatable bonds is 5. The molecule has 1 unspecified atom stereocenters. The van der Waals surface area contributed by atoms with Crippen LogP contribution in [0.2, 0.25) is 0 Å². The largest absolute Gasteiger partial charge is 0.416 e. The van der Waals surface area contributed by atoms with Crippen LogP contribution in [0.1, 0.15) is 22.9 Å². The highest BCUT2D eigenvalue weighted by Crippen LogP contribution is 2.30. The Balaban J connectivity index is 1.92. The van der Waals surface area contributed by atoms with Gasteiger partial charge in [-0.1, -0.05) is 12.1 Å². The minimum absolute atomic E-state index is 0.0509. The van der Waals surface area contributed by atoms with Crippen LogP contribution in [0, 0.1) is 0 Å². The van der Waals surface area contributed by atoms with E-state index in [2.05, 4.69) is 15.5 Å². The van der Waals surface area contributed by atoms with Crippen molar-refractivity contribution in [3.05, 3.63) is 53.3 Å². The third-order valence-electron chi connectivity index (χ3n) is 3.00. The van der Waals surface area contributed by atoms with Crippen molar-refractivity contribution in [2.75, 3.05) is 6.54 Å². The summed E-state index contributed by atoms with van der Waals surface area (Å²) in [7, 11) is 0. The van der Waals surface area contributed by atoms with Crippen molar-refractivity contribution in [2.45, 2.75) is 18.7 Å². The van der Waals surface area contributed by atoms with Crippen LogP contribution in [0.15, 0.2) is 36.5 Å². The van der Waals surface area contributed by atoms with Crippen molar-refractivity contribution >= 4 is 5.91 Å². The number of aromatic amines is 1. The second kappa shape index (κ2) is 6.61. The Kier molecular flexibility index (Phi) is 4.81. The highest BCUT2D eigenvalue weighted by molar-refractivity contribution is 5.78. The van der Waals surface area contributed by atoms with Crippen molar-refractivity contribution in [3.8, 4) is 0 Å². The van der Waals surface area contributed by atoms with Gasteiger partial charge in [0.25, 0.3) is 0 Å². The normalized spacial score (nSPS) is 12.9. The molecule has 0 saturated carbocycles. The van der Waals surface area contributed by atoms with Gasteiger partial charge in [-0.05, 0) is 23.8 Å². The first kappa shape index (κ1) is 16.0. The SMILES string of the molecule is O=C(Cc1ccn[nH]1)NCC(O)c1cccc(C(F)(F)F)c1. The molecule has 22 heavy (non-hydrogen) atoms. The molecule has 5 nitrogen and oxygen atoms in total. The molecular formula is C14H14F3N3O2. The van der Waals surface area contributed by atoms with Crippen LogP contribution in [0.5, 0.6) is 0 Å². The zero-order valence-corrected chi connectivity index (χ0v) is 11.4. The topological polar surface area (TPSA) is 78.0 Å². The summed E-state index contributed by atoms with van der Waals surface area (Å²) in [6, 6.07) is 6.01. The van der Waals surface area contributed by atoms with Crippen molar-refractivity contribution in [3.63, 3.8) is 0 Å². The monoisotopic (exact) mass is 313 g/mol. The number of hydrogen-bond donors (Lipinski definition) is 3. The number of amides is 1. The number of nitrogens with one attached hydrogen (secondary N) is 2. The highest BCUT2D eigenvalue weighted by Gasteiger charge is 2.30. The fourth-order valence-electron chi connectivity index (χ4n) is 1.87. The molecule has 0 aliphatic heterocycles. The van der Waals surface area contributed by atoms with Crippen molar-refractivity contribution in [2.24, 2.45) is 0 Å². The predicted molar refractivity (Wildman–Crippen MR) is 71.7 cm³/mol. The smallest absolute Gasteiger partial charge is 0.387 e. The number of carbonyl (C=O) groups is 1. The van der Waals surface area contributed by atoms with Gasteiger partial charge < -0.3 is 10.4 Å². The van der Waals surface area contributed by atoms with E-state index in [0.717, 1.165) is 12.1 Å². The highest BCUT2D eigenvalue weighted by atomic mass is 19.4. The summed E-state index contributed by atoms with van der Waals surface area (Å²) >= 11 is 0. The van der Waals surface area contributed by atoms with Gasteiger partial charge >= 0.3 is 6.18 Å². The molecule has 1 aromatic heterocycles. The second-order valence-electron chi connectivity index (χ2n) is 4.70. The lowest BCUT2D eigenvalue weighted by Gasteiger charge is -2.14. The van der Waals surface area contributed by atoms with Crippen LogP contribution < -0.4 is 5.32 Å². The molecule has 0 aliphatic rings. The molecule has 0 aliphatic carbocycles. The number of aromatic nitrogens is 2. The molecule has 3 N–H and O–H groups in total. The van der Waals surface area contributed by atoms with E-state index in [-0.39, 0.29) is 24.4 Å². The Hall–Kier alpha value is -2.35. The molecule has 0 saturated heterocycles. The minimum atomic E-state index is -4.47. The molecule has 118 valence electrons. The molecule has 1 amide bonds. The van der Waals surface area contributed by atoms with Crippen LogP contribution >= 0.6 is 0 Å². The number of halogens is 3. The van der Waals surface area contributed by atoms with Gasteiger partial charge in [-0.15, -0.1) is 0 Å². The first-order chi connectivity index (χ1) is 10.4. The first-order valence-electron chi connectivity index (χ1n) is 6.46.